The summed E-state index contributed by atoms with van der Waals surface area (Å²) >= 11 is 0. The van der Waals surface area contributed by atoms with Gasteiger partial charge in [-0.05, 0) is 49.6 Å². The van der Waals surface area contributed by atoms with Gasteiger partial charge in [0.1, 0.15) is 6.10 Å². The number of alkyl halides is 3. The summed E-state index contributed by atoms with van der Waals surface area (Å²) in [5.41, 5.74) is -0.306. The molecule has 5 nitrogen and oxygen atoms in total. The van der Waals surface area contributed by atoms with Gasteiger partial charge in [-0.1, -0.05) is 24.3 Å². The van der Waals surface area contributed by atoms with E-state index in [1.807, 2.05) is 6.07 Å². The van der Waals surface area contributed by atoms with Gasteiger partial charge in [0.2, 0.25) is 0 Å². The Morgan fingerprint density at radius 3 is 2.48 bits per heavy atom. The first kappa shape index (κ1) is 20.7. The van der Waals surface area contributed by atoms with E-state index in [0.29, 0.717) is 24.9 Å². The summed E-state index contributed by atoms with van der Waals surface area (Å²) in [6.45, 7) is 0. The van der Waals surface area contributed by atoms with E-state index in [1.54, 1.807) is 24.3 Å². The van der Waals surface area contributed by atoms with Crippen LogP contribution in [0.3, 0.4) is 0 Å². The van der Waals surface area contributed by atoms with Crippen molar-refractivity contribution < 1.29 is 27.5 Å². The van der Waals surface area contributed by atoms with Crippen LogP contribution in [0.5, 0.6) is 0 Å². The van der Waals surface area contributed by atoms with E-state index >= 15 is 0 Å². The maximum atomic E-state index is 12.8. The normalized spacial score (nSPS) is 19.3. The Morgan fingerprint density at radius 1 is 1.00 bits per heavy atom. The van der Waals surface area contributed by atoms with Crippen molar-refractivity contribution in [3.05, 3.63) is 65.7 Å². The van der Waals surface area contributed by atoms with E-state index in [9.17, 15) is 22.8 Å². The Bertz CT molecular complexity index is 856. The second kappa shape index (κ2) is 8.98. The summed E-state index contributed by atoms with van der Waals surface area (Å²) in [6.07, 6.45) is -2.98. The van der Waals surface area contributed by atoms with Crippen molar-refractivity contribution in [2.45, 2.75) is 44.0 Å². The Kier molecular flexibility index (Phi) is 6.41. The predicted molar refractivity (Wildman–Crippen MR) is 101 cm³/mol. The van der Waals surface area contributed by atoms with Gasteiger partial charge in [-0.2, -0.15) is 13.2 Å². The molecule has 154 valence electrons. The number of carbonyl (C=O) groups is 2. The quantitative estimate of drug-likeness (QED) is 0.751. The first-order valence-electron chi connectivity index (χ1n) is 9.32. The molecule has 1 fully saturated rings. The highest BCUT2D eigenvalue weighted by atomic mass is 19.4. The molecule has 0 unspecified atom stereocenters. The Morgan fingerprint density at radius 2 is 1.76 bits per heavy atom. The van der Waals surface area contributed by atoms with E-state index < -0.39 is 23.7 Å². The second-order valence-corrected chi connectivity index (χ2v) is 6.93. The number of hydrogen-bond acceptors (Lipinski definition) is 3. The first-order chi connectivity index (χ1) is 13.8. The molecule has 0 bridgehead atoms. The smallest absolute Gasteiger partial charge is 0.416 e. The van der Waals surface area contributed by atoms with E-state index in [4.69, 9.17) is 4.74 Å². The summed E-state index contributed by atoms with van der Waals surface area (Å²) in [7, 11) is 0. The van der Waals surface area contributed by atoms with Crippen LogP contribution in [0.4, 0.5) is 23.7 Å². The van der Waals surface area contributed by atoms with E-state index in [2.05, 4.69) is 10.6 Å². The molecule has 1 aliphatic carbocycles. The predicted octanol–water partition coefficient (Wildman–Crippen LogP) is 5.00. The minimum atomic E-state index is -4.51. The standard InChI is InChI=1S/C21H21F3N2O3/c22-21(23,24)15-7-4-6-14(12-15)19(27)25-17-10-5-11-18(13-17)29-20(28)26-16-8-2-1-3-9-16/h1-4,6-9,12,17-18H,5,10-11,13H2,(H,25,27)(H,26,28)/t17-,18-/m1/s1. The lowest BCUT2D eigenvalue weighted by atomic mass is 9.92. The van der Waals surface area contributed by atoms with Gasteiger partial charge >= 0.3 is 12.3 Å². The zero-order valence-corrected chi connectivity index (χ0v) is 15.5. The van der Waals surface area contributed by atoms with Gasteiger partial charge in [-0.25, -0.2) is 4.79 Å². The molecular weight excluding hydrogens is 385 g/mol. The molecule has 0 aliphatic heterocycles. The van der Waals surface area contributed by atoms with Gasteiger partial charge in [0.15, 0.2) is 0 Å². The number of carbonyl (C=O) groups excluding carboxylic acids is 2. The molecule has 8 heteroatoms. The molecular formula is C21H21F3N2O3. The lowest BCUT2D eigenvalue weighted by Gasteiger charge is -2.29. The molecule has 0 heterocycles. The van der Waals surface area contributed by atoms with Crippen molar-refractivity contribution in [3.63, 3.8) is 0 Å². The number of para-hydroxylation sites is 1. The summed E-state index contributed by atoms with van der Waals surface area (Å²) in [5, 5.41) is 5.38. The number of nitrogens with one attached hydrogen (secondary N) is 2. The lowest BCUT2D eigenvalue weighted by Crippen LogP contribution is -2.41. The molecule has 3 rings (SSSR count). The molecule has 0 spiro atoms. The minimum absolute atomic E-state index is 0.0512. The average molecular weight is 406 g/mol. The number of ether oxygens (including phenoxy) is 1. The number of halogens is 3. The van der Waals surface area contributed by atoms with Gasteiger partial charge in [-0.15, -0.1) is 0 Å². The minimum Gasteiger partial charge on any atom is -0.446 e. The largest absolute Gasteiger partial charge is 0.446 e. The zero-order valence-electron chi connectivity index (χ0n) is 15.5. The summed E-state index contributed by atoms with van der Waals surface area (Å²) in [6, 6.07) is 12.9. The first-order valence-corrected chi connectivity index (χ1v) is 9.32. The van der Waals surface area contributed by atoms with Gasteiger partial charge in [0.25, 0.3) is 5.91 Å². The lowest BCUT2D eigenvalue weighted by molar-refractivity contribution is -0.137. The third-order valence-corrected chi connectivity index (χ3v) is 4.71. The molecule has 1 saturated carbocycles. The maximum absolute atomic E-state index is 12.8. The van der Waals surface area contributed by atoms with Crippen LogP contribution < -0.4 is 10.6 Å². The van der Waals surface area contributed by atoms with Crippen LogP contribution in [0.1, 0.15) is 41.6 Å². The second-order valence-electron chi connectivity index (χ2n) is 6.93. The van der Waals surface area contributed by atoms with Gasteiger partial charge < -0.3 is 10.1 Å². The zero-order chi connectivity index (χ0) is 20.9. The van der Waals surface area contributed by atoms with Crippen LogP contribution in [-0.2, 0) is 10.9 Å². The number of hydrogen-bond donors (Lipinski definition) is 2. The molecule has 2 aromatic carbocycles. The van der Waals surface area contributed by atoms with E-state index in [1.165, 1.54) is 12.1 Å². The van der Waals surface area contributed by atoms with Crippen molar-refractivity contribution in [2.24, 2.45) is 0 Å². The maximum Gasteiger partial charge on any atom is 0.416 e. The summed E-state index contributed by atoms with van der Waals surface area (Å²) < 4.78 is 43.9. The number of amides is 2. The fourth-order valence-electron chi connectivity index (χ4n) is 3.31. The number of rotatable bonds is 4. The Labute approximate surface area is 166 Å². The molecule has 2 atom stereocenters. The third kappa shape index (κ3) is 5.97. The third-order valence-electron chi connectivity index (χ3n) is 4.71. The highest BCUT2D eigenvalue weighted by Gasteiger charge is 2.31. The summed E-state index contributed by atoms with van der Waals surface area (Å²) in [4.78, 5) is 24.4. The molecule has 2 N–H and O–H groups in total. The van der Waals surface area contributed by atoms with Crippen molar-refractivity contribution in [1.82, 2.24) is 5.32 Å². The molecule has 0 aromatic heterocycles. The van der Waals surface area contributed by atoms with Gasteiger partial charge in [0.05, 0.1) is 5.56 Å². The van der Waals surface area contributed by atoms with Gasteiger partial charge in [0, 0.05) is 23.7 Å². The van der Waals surface area contributed by atoms with Crippen LogP contribution >= 0.6 is 0 Å². The molecule has 2 aromatic rings. The molecule has 0 radical (unpaired) electrons. The molecule has 2 amide bonds. The Hall–Kier alpha value is -3.03. The summed E-state index contributed by atoms with van der Waals surface area (Å²) in [5.74, 6) is -0.574. The highest BCUT2D eigenvalue weighted by Crippen LogP contribution is 2.29. The highest BCUT2D eigenvalue weighted by molar-refractivity contribution is 5.94. The van der Waals surface area contributed by atoms with Crippen LogP contribution in [0.2, 0.25) is 0 Å². The van der Waals surface area contributed by atoms with E-state index in [0.717, 1.165) is 18.6 Å². The Balaban J connectivity index is 1.54. The fourth-order valence-corrected chi connectivity index (χ4v) is 3.31. The van der Waals surface area contributed by atoms with Crippen molar-refractivity contribution >= 4 is 17.7 Å². The van der Waals surface area contributed by atoms with Crippen LogP contribution in [-0.4, -0.2) is 24.1 Å². The molecule has 29 heavy (non-hydrogen) atoms. The van der Waals surface area contributed by atoms with Crippen LogP contribution in [0.25, 0.3) is 0 Å². The fraction of sp³-hybridized carbons (Fsp3) is 0.333. The van der Waals surface area contributed by atoms with E-state index in [-0.39, 0.29) is 17.7 Å². The van der Waals surface area contributed by atoms with Crippen molar-refractivity contribution in [3.8, 4) is 0 Å². The molecule has 1 aliphatic rings. The van der Waals surface area contributed by atoms with Gasteiger partial charge in [-0.3, -0.25) is 10.1 Å². The number of anilines is 1. The molecule has 0 saturated heterocycles. The van der Waals surface area contributed by atoms with Crippen LogP contribution in [0, 0.1) is 0 Å². The van der Waals surface area contributed by atoms with Crippen molar-refractivity contribution in [2.75, 3.05) is 5.32 Å². The monoisotopic (exact) mass is 406 g/mol. The topological polar surface area (TPSA) is 67.4 Å². The average Bonchev–Trinajstić information content (AvgIpc) is 2.68. The van der Waals surface area contributed by atoms with Crippen LogP contribution in [0.15, 0.2) is 54.6 Å². The van der Waals surface area contributed by atoms with Crippen molar-refractivity contribution in [1.29, 1.82) is 0 Å². The number of benzene rings is 2. The SMILES string of the molecule is O=C(Nc1ccccc1)O[C@@H]1CCC[C@@H](NC(=O)c2cccc(C(F)(F)F)c2)C1.